The Morgan fingerprint density at radius 3 is 1.07 bits per heavy atom. The van der Waals surface area contributed by atoms with Crippen LogP contribution in [0.1, 0.15) is 52.7 Å². The highest BCUT2D eigenvalue weighted by molar-refractivity contribution is 7.20. The lowest BCUT2D eigenvalue weighted by molar-refractivity contribution is 0.590. The van der Waals surface area contributed by atoms with Crippen LogP contribution in [0.2, 0.25) is 0 Å². The van der Waals surface area contributed by atoms with E-state index in [1.165, 1.54) is 92.6 Å². The number of anilines is 6. The molecule has 0 radical (unpaired) electrons. The van der Waals surface area contributed by atoms with Crippen LogP contribution < -0.4 is 46.9 Å². The zero-order chi connectivity index (χ0) is 46.4. The Bertz CT molecular complexity index is 3250. The Morgan fingerprint density at radius 1 is 0.353 bits per heavy atom. The van der Waals surface area contributed by atoms with Crippen molar-refractivity contribution in [2.75, 3.05) is 9.80 Å². The van der Waals surface area contributed by atoms with Gasteiger partial charge in [0.1, 0.15) is 0 Å². The second-order valence-electron chi connectivity index (χ2n) is 20.9. The van der Waals surface area contributed by atoms with Crippen LogP contribution in [0.25, 0.3) is 21.5 Å². The lowest BCUT2D eigenvalue weighted by Gasteiger charge is -2.46. The van der Waals surface area contributed by atoms with E-state index in [-0.39, 0.29) is 17.5 Å². The largest absolute Gasteiger partial charge is 0.311 e. The van der Waals surface area contributed by atoms with Crippen LogP contribution in [0, 0.1) is 0 Å². The fraction of sp³-hybridized carbons (Fsp3) is 0.125. The quantitative estimate of drug-likeness (QED) is 0.121. The molecule has 0 spiro atoms. The SMILES string of the molecule is CC(C)(C)c1ccc(N2c3cc([Si](c4ccccc4)(c4ccccc4)c4ccccc4)cc4c3B(c3ccc5ccccc5c32)c2ccc3ccccc3c2N4c2ccc(C(C)(C)C)cc2)cc1. The third kappa shape index (κ3) is 6.53. The van der Waals surface area contributed by atoms with Gasteiger partial charge < -0.3 is 9.80 Å². The average Bonchev–Trinajstić information content (AvgIpc) is 3.37. The zero-order valence-corrected chi connectivity index (χ0v) is 40.8. The molecule has 0 saturated carbocycles. The number of nitrogens with zero attached hydrogens (tertiary/aromatic N) is 2. The summed E-state index contributed by atoms with van der Waals surface area (Å²) in [6, 6.07) is 85.9. The van der Waals surface area contributed by atoms with Gasteiger partial charge in [0.05, 0.1) is 0 Å². The predicted octanol–water partition coefficient (Wildman–Crippen LogP) is 12.0. The van der Waals surface area contributed by atoms with Crippen molar-refractivity contribution >= 4 is 108 Å². The Hall–Kier alpha value is -7.40. The first kappa shape index (κ1) is 42.0. The molecule has 0 amide bonds. The van der Waals surface area contributed by atoms with Crippen LogP contribution in [0.3, 0.4) is 0 Å². The highest BCUT2D eigenvalue weighted by Crippen LogP contribution is 2.47. The van der Waals surface area contributed by atoms with Crippen molar-refractivity contribution < 1.29 is 0 Å². The molecule has 10 aromatic rings. The number of rotatable bonds is 6. The van der Waals surface area contributed by atoms with Gasteiger partial charge in [-0.15, -0.1) is 0 Å². The van der Waals surface area contributed by atoms with Gasteiger partial charge in [-0.2, -0.15) is 0 Å². The van der Waals surface area contributed by atoms with Crippen molar-refractivity contribution in [3.63, 3.8) is 0 Å². The summed E-state index contributed by atoms with van der Waals surface area (Å²) in [6.45, 7) is 13.8. The summed E-state index contributed by atoms with van der Waals surface area (Å²) in [5.41, 5.74) is 13.9. The van der Waals surface area contributed by atoms with Gasteiger partial charge in [-0.1, -0.05) is 230 Å². The topological polar surface area (TPSA) is 6.48 Å². The molecule has 328 valence electrons. The second kappa shape index (κ2) is 15.9. The van der Waals surface area contributed by atoms with Crippen molar-refractivity contribution in [2.24, 2.45) is 0 Å². The molecular formula is C64H55BN2Si. The van der Waals surface area contributed by atoms with Gasteiger partial charge in [-0.25, -0.2) is 0 Å². The molecule has 2 aliphatic rings. The van der Waals surface area contributed by atoms with E-state index in [0.717, 1.165) is 11.4 Å². The molecule has 0 fully saturated rings. The Labute approximate surface area is 403 Å². The van der Waals surface area contributed by atoms with Crippen LogP contribution in [-0.4, -0.2) is 14.8 Å². The van der Waals surface area contributed by atoms with E-state index < -0.39 is 8.07 Å². The lowest BCUT2D eigenvalue weighted by Crippen LogP contribution is -2.75. The minimum absolute atomic E-state index is 0.0109. The summed E-state index contributed by atoms with van der Waals surface area (Å²) in [5.74, 6) is 0. The Morgan fingerprint density at radius 2 is 0.706 bits per heavy atom. The van der Waals surface area contributed by atoms with Crippen molar-refractivity contribution in [3.05, 3.63) is 236 Å². The molecule has 2 heterocycles. The molecule has 68 heavy (non-hydrogen) atoms. The fourth-order valence-electron chi connectivity index (χ4n) is 11.6. The van der Waals surface area contributed by atoms with Crippen LogP contribution in [0.15, 0.2) is 224 Å². The van der Waals surface area contributed by atoms with E-state index in [9.17, 15) is 0 Å². The van der Waals surface area contributed by atoms with Gasteiger partial charge in [0.2, 0.25) is 0 Å². The first-order valence-electron chi connectivity index (χ1n) is 24.2. The second-order valence-corrected chi connectivity index (χ2v) is 24.7. The molecule has 12 rings (SSSR count). The van der Waals surface area contributed by atoms with Gasteiger partial charge in [-0.3, -0.25) is 0 Å². The Balaban J connectivity index is 1.29. The minimum Gasteiger partial charge on any atom is -0.311 e. The number of benzene rings is 10. The molecule has 0 N–H and O–H groups in total. The average molecular weight is 891 g/mol. The molecule has 10 aromatic carbocycles. The first-order chi connectivity index (χ1) is 33.0. The maximum absolute atomic E-state index is 3.08. The van der Waals surface area contributed by atoms with Crippen LogP contribution in [0.4, 0.5) is 34.1 Å². The summed E-state index contributed by atoms with van der Waals surface area (Å²) in [6.07, 6.45) is 0. The fourth-order valence-corrected chi connectivity index (χ4v) is 16.3. The molecule has 2 aliphatic heterocycles. The van der Waals surface area contributed by atoms with Gasteiger partial charge in [-0.05, 0) is 106 Å². The van der Waals surface area contributed by atoms with Crippen LogP contribution >= 0.6 is 0 Å². The third-order valence-electron chi connectivity index (χ3n) is 14.9. The van der Waals surface area contributed by atoms with E-state index in [4.69, 9.17) is 0 Å². The molecule has 0 unspecified atom stereocenters. The molecular weight excluding hydrogens is 836 g/mol. The summed E-state index contributed by atoms with van der Waals surface area (Å²) in [7, 11) is -3.08. The van der Waals surface area contributed by atoms with Gasteiger partial charge >= 0.3 is 0 Å². The van der Waals surface area contributed by atoms with Crippen molar-refractivity contribution in [3.8, 4) is 0 Å². The molecule has 0 aliphatic carbocycles. The molecule has 2 nitrogen and oxygen atoms in total. The molecule has 0 atom stereocenters. The highest BCUT2D eigenvalue weighted by atomic mass is 28.3. The van der Waals surface area contributed by atoms with E-state index in [1.54, 1.807) is 0 Å². The smallest absolute Gasteiger partial charge is 0.252 e. The molecule has 0 aromatic heterocycles. The monoisotopic (exact) mass is 890 g/mol. The third-order valence-corrected chi connectivity index (χ3v) is 19.6. The summed E-state index contributed by atoms with van der Waals surface area (Å²) >= 11 is 0. The van der Waals surface area contributed by atoms with Crippen molar-refractivity contribution in [2.45, 2.75) is 52.4 Å². The summed E-state index contributed by atoms with van der Waals surface area (Å²) in [4.78, 5) is 5.27. The van der Waals surface area contributed by atoms with Crippen LogP contribution in [0.5, 0.6) is 0 Å². The summed E-state index contributed by atoms with van der Waals surface area (Å²) < 4.78 is 0. The zero-order valence-electron chi connectivity index (χ0n) is 39.8. The number of fused-ring (bicyclic) bond motifs is 8. The standard InChI is InChI=1S/C64H55BN2Si/c1-63(2,3)46-32-36-48(37-33-46)66-58-42-53(68(50-22-10-7-11-23-50,51-24-12-8-13-25-51)52-26-14-9-15-27-52)43-59-60(58)65(56-40-30-44-20-16-18-28-54(44)61(56)66)57-41-31-45-21-17-19-29-55(45)62(57)67(59)49-38-34-47(35-39-49)64(4,5)6/h7-43H,1-6H3. The normalized spacial score (nSPS) is 13.4. The maximum atomic E-state index is 2.63. The molecule has 4 heteroatoms. The van der Waals surface area contributed by atoms with Gasteiger partial charge in [0.25, 0.3) is 6.71 Å². The van der Waals surface area contributed by atoms with Crippen LogP contribution in [-0.2, 0) is 10.8 Å². The number of hydrogen-bond donors (Lipinski definition) is 0. The first-order valence-corrected chi connectivity index (χ1v) is 26.2. The van der Waals surface area contributed by atoms with Crippen molar-refractivity contribution in [1.29, 1.82) is 0 Å². The molecule has 0 saturated heterocycles. The van der Waals surface area contributed by atoms with E-state index in [2.05, 4.69) is 276 Å². The Kier molecular flexibility index (Phi) is 9.79. The number of hydrogen-bond acceptors (Lipinski definition) is 2. The predicted molar refractivity (Wildman–Crippen MR) is 296 cm³/mol. The van der Waals surface area contributed by atoms with Gasteiger partial charge in [0, 0.05) is 44.9 Å². The van der Waals surface area contributed by atoms with E-state index in [0.29, 0.717) is 0 Å². The van der Waals surface area contributed by atoms with Gasteiger partial charge in [0.15, 0.2) is 8.07 Å². The molecule has 0 bridgehead atoms. The highest BCUT2D eigenvalue weighted by Gasteiger charge is 2.48. The summed E-state index contributed by atoms with van der Waals surface area (Å²) in [5, 5.41) is 10.4. The lowest BCUT2D eigenvalue weighted by atomic mass is 9.33. The maximum Gasteiger partial charge on any atom is 0.252 e. The van der Waals surface area contributed by atoms with E-state index in [1.807, 2.05) is 0 Å². The minimum atomic E-state index is -3.08. The van der Waals surface area contributed by atoms with E-state index >= 15 is 0 Å². The van der Waals surface area contributed by atoms with Crippen molar-refractivity contribution in [1.82, 2.24) is 0 Å².